The van der Waals surface area contributed by atoms with Gasteiger partial charge in [0.05, 0.1) is 12.3 Å². The number of halogens is 1. The summed E-state index contributed by atoms with van der Waals surface area (Å²) in [5.41, 5.74) is 5.24. The molecule has 94 valence electrons. The summed E-state index contributed by atoms with van der Waals surface area (Å²) in [6.07, 6.45) is 1.80. The van der Waals surface area contributed by atoms with E-state index in [0.717, 1.165) is 0 Å². The first kappa shape index (κ1) is 13.3. The Morgan fingerprint density at radius 1 is 1.59 bits per heavy atom. The van der Waals surface area contributed by atoms with Gasteiger partial charge in [0.2, 0.25) is 5.91 Å². The van der Waals surface area contributed by atoms with Crippen molar-refractivity contribution in [3.8, 4) is 0 Å². The van der Waals surface area contributed by atoms with Gasteiger partial charge >= 0.3 is 0 Å². The van der Waals surface area contributed by atoms with E-state index < -0.39 is 11.7 Å². The van der Waals surface area contributed by atoms with Crippen LogP contribution in [-0.2, 0) is 16.0 Å². The summed E-state index contributed by atoms with van der Waals surface area (Å²) < 4.78 is 18.5. The van der Waals surface area contributed by atoms with Gasteiger partial charge in [-0.1, -0.05) is 6.92 Å². The summed E-state index contributed by atoms with van der Waals surface area (Å²) in [5, 5.41) is 2.76. The van der Waals surface area contributed by atoms with E-state index in [1.807, 2.05) is 6.92 Å². The number of aryl methyl sites for hydroxylation is 1. The summed E-state index contributed by atoms with van der Waals surface area (Å²) in [6.45, 7) is 2.25. The third kappa shape index (κ3) is 4.31. The summed E-state index contributed by atoms with van der Waals surface area (Å²) in [5.74, 6) is -0.851. The highest BCUT2D eigenvalue weighted by Gasteiger charge is 2.08. The van der Waals surface area contributed by atoms with Gasteiger partial charge in [0.25, 0.3) is 0 Å². The number of nitrogens with two attached hydrogens (primary N) is 1. The highest BCUT2D eigenvalue weighted by Crippen LogP contribution is 2.12. The van der Waals surface area contributed by atoms with Gasteiger partial charge in [0.1, 0.15) is 12.9 Å². The molecule has 0 unspecified atom stereocenters. The maximum Gasteiger partial charge on any atom is 0.243 e. The van der Waals surface area contributed by atoms with E-state index in [1.54, 1.807) is 0 Å². The number of carbonyl (C=O) groups is 1. The third-order valence-corrected chi connectivity index (χ3v) is 1.98. The van der Waals surface area contributed by atoms with Gasteiger partial charge in [0.15, 0.2) is 11.6 Å². The molecule has 0 atom stereocenters. The van der Waals surface area contributed by atoms with Crippen molar-refractivity contribution in [3.63, 3.8) is 0 Å². The second-order valence-electron chi connectivity index (χ2n) is 3.28. The fourth-order valence-electron chi connectivity index (χ4n) is 1.19. The molecule has 0 saturated heterocycles. The van der Waals surface area contributed by atoms with Gasteiger partial charge in [-0.05, 0) is 6.42 Å². The van der Waals surface area contributed by atoms with E-state index >= 15 is 0 Å². The summed E-state index contributed by atoms with van der Waals surface area (Å²) >= 11 is 0. The molecule has 0 fully saturated rings. The van der Waals surface area contributed by atoms with Crippen molar-refractivity contribution in [3.05, 3.63) is 17.8 Å². The van der Waals surface area contributed by atoms with Crippen molar-refractivity contribution in [2.45, 2.75) is 13.3 Å². The molecule has 0 saturated carbocycles. The van der Waals surface area contributed by atoms with Gasteiger partial charge in [-0.25, -0.2) is 14.4 Å². The Hall–Kier alpha value is -1.76. The summed E-state index contributed by atoms with van der Waals surface area (Å²) in [7, 11) is 0. The molecular formula is C10H15FN4O2. The van der Waals surface area contributed by atoms with Crippen LogP contribution in [0.25, 0.3) is 0 Å². The average molecular weight is 242 g/mol. The Balaban J connectivity index is 2.39. The minimum atomic E-state index is -0.536. The molecule has 1 aromatic rings. The lowest BCUT2D eigenvalue weighted by atomic mass is 10.3. The van der Waals surface area contributed by atoms with Crippen LogP contribution in [0.5, 0.6) is 0 Å². The normalized spacial score (nSPS) is 10.2. The van der Waals surface area contributed by atoms with E-state index in [9.17, 15) is 9.18 Å². The van der Waals surface area contributed by atoms with Crippen LogP contribution in [0, 0.1) is 5.82 Å². The molecule has 0 bridgehead atoms. The van der Waals surface area contributed by atoms with Crippen molar-refractivity contribution in [2.75, 3.05) is 25.1 Å². The molecule has 1 aromatic heterocycles. The Labute approximate surface area is 98.4 Å². The predicted molar refractivity (Wildman–Crippen MR) is 59.9 cm³/mol. The fraction of sp³-hybridized carbons (Fsp3) is 0.500. The number of carbonyl (C=O) groups excluding carboxylic acids is 1. The van der Waals surface area contributed by atoms with Crippen LogP contribution in [0.4, 0.5) is 10.2 Å². The zero-order valence-electron chi connectivity index (χ0n) is 9.57. The van der Waals surface area contributed by atoms with Crippen molar-refractivity contribution >= 4 is 11.7 Å². The molecular weight excluding hydrogens is 227 g/mol. The van der Waals surface area contributed by atoms with Gasteiger partial charge in [-0.15, -0.1) is 0 Å². The van der Waals surface area contributed by atoms with Crippen molar-refractivity contribution < 1.29 is 13.9 Å². The van der Waals surface area contributed by atoms with Gasteiger partial charge in [0, 0.05) is 6.54 Å². The quantitative estimate of drug-likeness (QED) is 0.661. The first-order valence-corrected chi connectivity index (χ1v) is 5.24. The van der Waals surface area contributed by atoms with Crippen LogP contribution in [0.3, 0.4) is 0 Å². The smallest absolute Gasteiger partial charge is 0.243 e. The topological polar surface area (TPSA) is 90.1 Å². The minimum Gasteiger partial charge on any atom is -0.370 e. The molecule has 6 nitrogen and oxygen atoms in total. The first-order chi connectivity index (χ1) is 8.15. The highest BCUT2D eigenvalue weighted by molar-refractivity contribution is 5.74. The number of hydrogen-bond donors (Lipinski definition) is 2. The van der Waals surface area contributed by atoms with Gasteiger partial charge < -0.3 is 15.8 Å². The third-order valence-electron chi connectivity index (χ3n) is 1.98. The van der Waals surface area contributed by atoms with Crippen molar-refractivity contribution in [2.24, 2.45) is 5.73 Å². The van der Waals surface area contributed by atoms with Crippen LogP contribution in [-0.4, -0.2) is 35.6 Å². The standard InChI is InChI=1S/C10H15FN4O2/c1-2-7-9(11)10(15-6-14-7)13-3-4-17-5-8(12)16/h6H,2-5H2,1H3,(H2,12,16)(H,13,14,15). The van der Waals surface area contributed by atoms with Crippen molar-refractivity contribution in [1.29, 1.82) is 0 Å². The van der Waals surface area contributed by atoms with E-state index in [-0.39, 0.29) is 19.0 Å². The molecule has 1 heterocycles. The minimum absolute atomic E-state index is 0.138. The van der Waals surface area contributed by atoms with E-state index in [0.29, 0.717) is 18.7 Å². The number of nitrogens with zero attached hydrogens (tertiary/aromatic N) is 2. The fourth-order valence-corrected chi connectivity index (χ4v) is 1.19. The number of nitrogens with one attached hydrogen (secondary N) is 1. The predicted octanol–water partition coefficient (Wildman–Crippen LogP) is 0.0919. The van der Waals surface area contributed by atoms with Crippen LogP contribution in [0.15, 0.2) is 6.33 Å². The monoisotopic (exact) mass is 242 g/mol. The Morgan fingerprint density at radius 2 is 2.35 bits per heavy atom. The molecule has 0 radical (unpaired) electrons. The number of aromatic nitrogens is 2. The molecule has 3 N–H and O–H groups in total. The van der Waals surface area contributed by atoms with Gasteiger partial charge in [-0.3, -0.25) is 4.79 Å². The number of anilines is 1. The van der Waals surface area contributed by atoms with Crippen LogP contribution in [0.2, 0.25) is 0 Å². The molecule has 1 amide bonds. The molecule has 0 aliphatic heterocycles. The van der Waals surface area contributed by atoms with Crippen LogP contribution in [0.1, 0.15) is 12.6 Å². The Kier molecular flexibility index (Phi) is 5.28. The van der Waals surface area contributed by atoms with Gasteiger partial charge in [-0.2, -0.15) is 0 Å². The molecule has 1 rings (SSSR count). The van der Waals surface area contributed by atoms with E-state index in [1.165, 1.54) is 6.33 Å². The number of amides is 1. The molecule has 0 aliphatic rings. The van der Waals surface area contributed by atoms with E-state index in [4.69, 9.17) is 10.5 Å². The number of primary amides is 1. The lowest BCUT2D eigenvalue weighted by molar-refractivity contribution is -0.122. The number of ether oxygens (including phenoxy) is 1. The molecule has 0 aliphatic carbocycles. The SMILES string of the molecule is CCc1ncnc(NCCOCC(N)=O)c1F. The molecule has 7 heteroatoms. The average Bonchev–Trinajstić information content (AvgIpc) is 2.30. The Morgan fingerprint density at radius 3 is 3.00 bits per heavy atom. The zero-order chi connectivity index (χ0) is 12.7. The highest BCUT2D eigenvalue weighted by atomic mass is 19.1. The number of hydrogen-bond acceptors (Lipinski definition) is 5. The maximum atomic E-state index is 13.6. The summed E-state index contributed by atoms with van der Waals surface area (Å²) in [6, 6.07) is 0. The largest absolute Gasteiger partial charge is 0.370 e. The molecule has 0 spiro atoms. The van der Waals surface area contributed by atoms with E-state index in [2.05, 4.69) is 15.3 Å². The van der Waals surface area contributed by atoms with Crippen LogP contribution < -0.4 is 11.1 Å². The lowest BCUT2D eigenvalue weighted by Gasteiger charge is -2.07. The maximum absolute atomic E-state index is 13.6. The lowest BCUT2D eigenvalue weighted by Crippen LogP contribution is -2.21. The van der Waals surface area contributed by atoms with Crippen LogP contribution >= 0.6 is 0 Å². The second kappa shape index (κ2) is 6.74. The molecule has 17 heavy (non-hydrogen) atoms. The number of rotatable bonds is 7. The Bertz CT molecular complexity index is 387. The zero-order valence-corrected chi connectivity index (χ0v) is 9.57. The first-order valence-electron chi connectivity index (χ1n) is 5.24. The molecule has 0 aromatic carbocycles. The van der Waals surface area contributed by atoms with Crippen molar-refractivity contribution in [1.82, 2.24) is 9.97 Å². The second-order valence-corrected chi connectivity index (χ2v) is 3.28. The summed E-state index contributed by atoms with van der Waals surface area (Å²) in [4.78, 5) is 17.9.